The minimum Gasteiger partial charge on any atom is -0.480 e. The Bertz CT molecular complexity index is 279. The number of aliphatic carboxylic acids is 1. The van der Waals surface area contributed by atoms with Gasteiger partial charge >= 0.3 is 5.97 Å². The largest absolute Gasteiger partial charge is 0.480 e. The van der Waals surface area contributed by atoms with E-state index in [4.69, 9.17) is 16.4 Å². The van der Waals surface area contributed by atoms with Crippen LogP contribution in [0.1, 0.15) is 6.42 Å². The lowest BCUT2D eigenvalue weighted by atomic mass is 10.2. The van der Waals surface area contributed by atoms with Crippen LogP contribution in [0.25, 0.3) is 10.4 Å². The number of hydrogen-bond donors (Lipinski definition) is 4. The summed E-state index contributed by atoms with van der Waals surface area (Å²) in [5.74, 6) is 0.231. The quantitative estimate of drug-likeness (QED) is 0.226. The molecule has 0 heterocycles. The van der Waals surface area contributed by atoms with Crippen molar-refractivity contribution in [1.29, 1.82) is 0 Å². The van der Waals surface area contributed by atoms with Gasteiger partial charge in [-0.15, -0.1) is 12.4 Å². The molecule has 2 unspecified atom stereocenters. The lowest BCUT2D eigenvalue weighted by molar-refractivity contribution is -0.138. The van der Waals surface area contributed by atoms with Crippen molar-refractivity contribution in [3.05, 3.63) is 10.4 Å². The number of nitrogens with two attached hydrogens (primary N) is 1. The van der Waals surface area contributed by atoms with Gasteiger partial charge in [0, 0.05) is 10.7 Å². The molecule has 0 saturated carbocycles. The van der Waals surface area contributed by atoms with Gasteiger partial charge in [0.1, 0.15) is 6.04 Å². The van der Waals surface area contributed by atoms with Crippen LogP contribution in [0.5, 0.6) is 0 Å². The van der Waals surface area contributed by atoms with Crippen LogP contribution in [0.4, 0.5) is 0 Å². The first kappa shape index (κ1) is 22.8. The zero-order valence-corrected chi connectivity index (χ0v) is 12.8. The predicted octanol–water partition coefficient (Wildman–Crippen LogP) is 0.625. The number of aliphatic hydroxyl groups is 1. The monoisotopic (exact) mass is 320 g/mol. The van der Waals surface area contributed by atoms with Crippen molar-refractivity contribution in [2.75, 3.05) is 24.3 Å². The maximum absolute atomic E-state index is 10.5. The molecule has 0 aliphatic heterocycles. The maximum atomic E-state index is 10.5. The van der Waals surface area contributed by atoms with Crippen LogP contribution < -0.4 is 5.73 Å². The minimum atomic E-state index is -1.00. The Balaban J connectivity index is -0.00000112. The van der Waals surface area contributed by atoms with Crippen LogP contribution in [0.2, 0.25) is 0 Å². The summed E-state index contributed by atoms with van der Waals surface area (Å²) in [7, 11) is -0.470. The molecular formula is C8H21ClN4O3S2. The fourth-order valence-corrected chi connectivity index (χ4v) is 2.86. The molecule has 0 fully saturated rings. The first-order valence-electron chi connectivity index (χ1n) is 4.83. The van der Waals surface area contributed by atoms with Crippen molar-refractivity contribution in [3.8, 4) is 0 Å². The van der Waals surface area contributed by atoms with Gasteiger partial charge in [-0.05, 0) is 24.0 Å². The standard InChI is InChI=1S/C8H18N4O3S.ClH.H2S/c1-16(3-2-7(9)8(14)15)5-6(13)4-11-12-10;;/h6-7,13,16H,2-5,9H2,1H3,(H,14,15);1H;1H2/t6?,7-;;/m0../s1. The number of azide groups is 1. The highest BCUT2D eigenvalue weighted by molar-refractivity contribution is 8.16. The molecule has 0 saturated heterocycles. The summed E-state index contributed by atoms with van der Waals surface area (Å²) in [4.78, 5) is 13.0. The second kappa shape index (κ2) is 13.1. The van der Waals surface area contributed by atoms with E-state index < -0.39 is 29.0 Å². The third kappa shape index (κ3) is 12.2. The molecule has 0 amide bonds. The molecule has 0 rings (SSSR count). The molecule has 0 aliphatic rings. The molecule has 0 aromatic heterocycles. The van der Waals surface area contributed by atoms with Crippen LogP contribution in [-0.4, -0.2) is 52.6 Å². The van der Waals surface area contributed by atoms with Crippen molar-refractivity contribution in [3.63, 3.8) is 0 Å². The van der Waals surface area contributed by atoms with Gasteiger partial charge in [-0.1, -0.05) is 5.11 Å². The average molecular weight is 321 g/mol. The summed E-state index contributed by atoms with van der Waals surface area (Å²) < 4.78 is 0. The van der Waals surface area contributed by atoms with Crippen LogP contribution in [0, 0.1) is 0 Å². The summed E-state index contributed by atoms with van der Waals surface area (Å²) >= 11 is 0. The van der Waals surface area contributed by atoms with E-state index in [-0.39, 0.29) is 32.4 Å². The van der Waals surface area contributed by atoms with E-state index in [0.717, 1.165) is 0 Å². The van der Waals surface area contributed by atoms with Gasteiger partial charge in [0.25, 0.3) is 0 Å². The van der Waals surface area contributed by atoms with Gasteiger partial charge in [-0.2, -0.15) is 13.5 Å². The number of thiol groups is 1. The van der Waals surface area contributed by atoms with E-state index in [1.807, 2.05) is 6.26 Å². The summed E-state index contributed by atoms with van der Waals surface area (Å²) in [6.07, 6.45) is 1.72. The fourth-order valence-electron chi connectivity index (χ4n) is 1.12. The fraction of sp³-hybridized carbons (Fsp3) is 0.875. The number of carboxylic acid groups (broad SMARTS) is 1. The second-order valence-electron chi connectivity index (χ2n) is 3.56. The zero-order valence-electron chi connectivity index (χ0n) is 10.1. The third-order valence-corrected chi connectivity index (χ3v) is 4.08. The molecule has 0 radical (unpaired) electrons. The van der Waals surface area contributed by atoms with Crippen molar-refractivity contribution in [1.82, 2.24) is 0 Å². The number of nitrogens with zero attached hydrogens (tertiary/aromatic N) is 3. The number of hydrogen-bond acceptors (Lipinski definition) is 4. The second-order valence-corrected chi connectivity index (χ2v) is 6.09. The van der Waals surface area contributed by atoms with E-state index >= 15 is 0 Å². The number of carbonyl (C=O) groups is 1. The van der Waals surface area contributed by atoms with Gasteiger partial charge in [0.2, 0.25) is 0 Å². The third-order valence-electron chi connectivity index (χ3n) is 2.02. The number of aliphatic hydroxyl groups excluding tert-OH is 1. The summed E-state index contributed by atoms with van der Waals surface area (Å²) in [5, 5.41) is 21.3. The molecule has 0 aromatic carbocycles. The SMILES string of the molecule is C[SH](CC[C@H](N)C(=O)O)CC(O)CN=[N+]=[N-].Cl.S. The van der Waals surface area contributed by atoms with Crippen LogP contribution in [-0.2, 0) is 4.79 Å². The van der Waals surface area contributed by atoms with E-state index in [2.05, 4.69) is 10.0 Å². The van der Waals surface area contributed by atoms with Crippen molar-refractivity contribution < 1.29 is 15.0 Å². The van der Waals surface area contributed by atoms with E-state index in [1.54, 1.807) is 0 Å². The summed E-state index contributed by atoms with van der Waals surface area (Å²) in [6, 6.07) is -0.834. The Morgan fingerprint density at radius 2 is 2.17 bits per heavy atom. The Morgan fingerprint density at radius 1 is 1.61 bits per heavy atom. The predicted molar refractivity (Wildman–Crippen MR) is 82.5 cm³/mol. The Labute approximate surface area is 122 Å². The van der Waals surface area contributed by atoms with Gasteiger partial charge < -0.3 is 15.9 Å². The lowest BCUT2D eigenvalue weighted by Crippen LogP contribution is -2.31. The van der Waals surface area contributed by atoms with Gasteiger partial charge in [-0.3, -0.25) is 15.7 Å². The zero-order chi connectivity index (χ0) is 12.6. The summed E-state index contributed by atoms with van der Waals surface area (Å²) in [5.41, 5.74) is 13.4. The average Bonchev–Trinajstić information content (AvgIpc) is 2.22. The topological polar surface area (TPSA) is 132 Å². The van der Waals surface area contributed by atoms with E-state index in [9.17, 15) is 9.90 Å². The Hall–Kier alpha value is -0.310. The first-order chi connectivity index (χ1) is 7.47. The highest BCUT2D eigenvalue weighted by Crippen LogP contribution is 2.22. The van der Waals surface area contributed by atoms with Crippen LogP contribution in [0.3, 0.4) is 0 Å². The number of rotatable bonds is 8. The minimum absolute atomic E-state index is 0. The van der Waals surface area contributed by atoms with Gasteiger partial charge in [-0.25, -0.2) is 0 Å². The highest BCUT2D eigenvalue weighted by Gasteiger charge is 2.13. The molecule has 0 aromatic rings. The van der Waals surface area contributed by atoms with E-state index in [0.29, 0.717) is 17.9 Å². The normalized spacial score (nSPS) is 15.2. The molecule has 110 valence electrons. The molecule has 0 aliphatic carbocycles. The molecule has 18 heavy (non-hydrogen) atoms. The molecule has 10 heteroatoms. The first-order valence-corrected chi connectivity index (χ1v) is 6.99. The van der Waals surface area contributed by atoms with Gasteiger partial charge in [0.05, 0.1) is 12.6 Å². The molecule has 4 N–H and O–H groups in total. The smallest absolute Gasteiger partial charge is 0.320 e. The maximum Gasteiger partial charge on any atom is 0.320 e. The van der Waals surface area contributed by atoms with Crippen LogP contribution >= 0.6 is 36.8 Å². The summed E-state index contributed by atoms with van der Waals surface area (Å²) in [6.45, 7) is 0.0636. The molecule has 0 spiro atoms. The Morgan fingerprint density at radius 3 is 2.61 bits per heavy atom. The van der Waals surface area contributed by atoms with Crippen molar-refractivity contribution in [2.24, 2.45) is 10.8 Å². The van der Waals surface area contributed by atoms with E-state index in [1.165, 1.54) is 0 Å². The highest BCUT2D eigenvalue weighted by atomic mass is 35.5. The number of halogens is 1. The molecule has 7 nitrogen and oxygen atoms in total. The molecule has 3 atom stereocenters. The van der Waals surface area contributed by atoms with Gasteiger partial charge in [0.15, 0.2) is 0 Å². The number of carboxylic acids is 1. The molecular weight excluding hydrogens is 300 g/mol. The van der Waals surface area contributed by atoms with Crippen LogP contribution in [0.15, 0.2) is 5.11 Å². The molecule has 0 bridgehead atoms. The lowest BCUT2D eigenvalue weighted by Gasteiger charge is -2.19. The Kier molecular flexibility index (Phi) is 16.7. The van der Waals surface area contributed by atoms with Crippen molar-refractivity contribution in [2.45, 2.75) is 18.6 Å². The van der Waals surface area contributed by atoms with Crippen molar-refractivity contribution >= 4 is 42.8 Å².